The molecule has 0 unspecified atom stereocenters. The van der Waals surface area contributed by atoms with Crippen molar-refractivity contribution in [1.29, 1.82) is 0 Å². The summed E-state index contributed by atoms with van der Waals surface area (Å²) in [6, 6.07) is 6.99. The Labute approximate surface area is 131 Å². The zero-order valence-electron chi connectivity index (χ0n) is 11.3. The van der Waals surface area contributed by atoms with E-state index in [1.807, 2.05) is 0 Å². The first-order valence-electron chi connectivity index (χ1n) is 5.86. The second-order valence-electron chi connectivity index (χ2n) is 4.07. The molecule has 0 atom stereocenters. The largest absolute Gasteiger partial charge is 0.497 e. The maximum Gasteiger partial charge on any atom is 0.358 e. The van der Waals surface area contributed by atoms with Gasteiger partial charge >= 0.3 is 5.97 Å². The third-order valence-corrected chi connectivity index (χ3v) is 3.62. The third-order valence-electron chi connectivity index (χ3n) is 2.85. The molecule has 0 amide bonds. The number of carbonyl (C=O) groups is 1. The number of rotatable bonds is 3. The molecule has 1 heterocycles. The number of halogens is 2. The van der Waals surface area contributed by atoms with Crippen LogP contribution >= 0.6 is 23.2 Å². The van der Waals surface area contributed by atoms with Crippen molar-refractivity contribution in [2.45, 2.75) is 0 Å². The van der Waals surface area contributed by atoms with E-state index in [0.717, 1.165) is 0 Å². The summed E-state index contributed by atoms with van der Waals surface area (Å²) >= 11 is 12.2. The predicted molar refractivity (Wildman–Crippen MR) is 82.0 cm³/mol. The van der Waals surface area contributed by atoms with Crippen molar-refractivity contribution in [2.75, 3.05) is 20.0 Å². The van der Waals surface area contributed by atoms with Crippen molar-refractivity contribution in [3.63, 3.8) is 0 Å². The van der Waals surface area contributed by atoms with Crippen molar-refractivity contribution >= 4 is 34.9 Å². The molecule has 0 spiro atoms. The smallest absolute Gasteiger partial charge is 0.358 e. The number of aromatic nitrogens is 1. The van der Waals surface area contributed by atoms with Crippen LogP contribution in [-0.2, 0) is 4.74 Å². The SMILES string of the molecule is COC(=O)c1nc(-c2ccc(OC)cc2)c(Cl)c(N)c1Cl. The molecule has 2 rings (SSSR count). The average molecular weight is 327 g/mol. The van der Waals surface area contributed by atoms with Crippen LogP contribution in [0.4, 0.5) is 5.69 Å². The van der Waals surface area contributed by atoms with Crippen LogP contribution in [0.2, 0.25) is 10.0 Å². The second kappa shape index (κ2) is 6.20. The molecule has 0 bridgehead atoms. The molecule has 2 N–H and O–H groups in total. The lowest BCUT2D eigenvalue weighted by atomic mass is 10.1. The maximum atomic E-state index is 11.7. The Morgan fingerprint density at radius 2 is 1.76 bits per heavy atom. The monoisotopic (exact) mass is 326 g/mol. The van der Waals surface area contributed by atoms with Gasteiger partial charge in [0, 0.05) is 5.56 Å². The lowest BCUT2D eigenvalue weighted by Crippen LogP contribution is -2.08. The van der Waals surface area contributed by atoms with Crippen LogP contribution < -0.4 is 10.5 Å². The summed E-state index contributed by atoms with van der Waals surface area (Å²) < 4.78 is 9.72. The predicted octanol–water partition coefficient (Wildman–Crippen LogP) is 3.43. The van der Waals surface area contributed by atoms with E-state index in [1.54, 1.807) is 31.4 Å². The van der Waals surface area contributed by atoms with Crippen molar-refractivity contribution in [3.8, 4) is 17.0 Å². The van der Waals surface area contributed by atoms with Crippen LogP contribution in [0.15, 0.2) is 24.3 Å². The lowest BCUT2D eigenvalue weighted by molar-refractivity contribution is 0.0594. The van der Waals surface area contributed by atoms with E-state index in [9.17, 15) is 4.79 Å². The summed E-state index contributed by atoms with van der Waals surface area (Å²) in [5.41, 5.74) is 6.86. The first-order valence-corrected chi connectivity index (χ1v) is 6.62. The van der Waals surface area contributed by atoms with E-state index in [1.165, 1.54) is 7.11 Å². The van der Waals surface area contributed by atoms with Crippen LogP contribution in [0.3, 0.4) is 0 Å². The summed E-state index contributed by atoms with van der Waals surface area (Å²) in [5, 5.41) is 0.155. The van der Waals surface area contributed by atoms with E-state index < -0.39 is 5.97 Å². The van der Waals surface area contributed by atoms with Crippen LogP contribution in [0.25, 0.3) is 11.3 Å². The fraction of sp³-hybridized carbons (Fsp3) is 0.143. The molecule has 1 aromatic heterocycles. The molecule has 0 aliphatic heterocycles. The number of benzene rings is 1. The number of carbonyl (C=O) groups excluding carboxylic acids is 1. The van der Waals surface area contributed by atoms with Crippen molar-refractivity contribution in [1.82, 2.24) is 4.98 Å². The average Bonchev–Trinajstić information content (AvgIpc) is 2.52. The Balaban J connectivity index is 2.62. The molecule has 21 heavy (non-hydrogen) atoms. The summed E-state index contributed by atoms with van der Waals surface area (Å²) in [7, 11) is 2.80. The highest BCUT2D eigenvalue weighted by Gasteiger charge is 2.21. The molecule has 0 aliphatic carbocycles. The van der Waals surface area contributed by atoms with Gasteiger partial charge < -0.3 is 15.2 Å². The minimum atomic E-state index is -0.682. The van der Waals surface area contributed by atoms with Crippen molar-refractivity contribution < 1.29 is 14.3 Å². The molecule has 0 fully saturated rings. The fourth-order valence-electron chi connectivity index (χ4n) is 1.73. The minimum Gasteiger partial charge on any atom is -0.497 e. The molecule has 5 nitrogen and oxygen atoms in total. The molecule has 0 radical (unpaired) electrons. The van der Waals surface area contributed by atoms with Gasteiger partial charge in [-0.1, -0.05) is 23.2 Å². The zero-order valence-corrected chi connectivity index (χ0v) is 12.8. The van der Waals surface area contributed by atoms with E-state index in [0.29, 0.717) is 17.0 Å². The van der Waals surface area contributed by atoms with Crippen LogP contribution in [0.1, 0.15) is 10.5 Å². The Hall–Kier alpha value is -1.98. The molecule has 0 saturated carbocycles. The van der Waals surface area contributed by atoms with Gasteiger partial charge in [-0.15, -0.1) is 0 Å². The molecular formula is C14H12Cl2N2O3. The summed E-state index contributed by atoms with van der Waals surface area (Å²) in [6.07, 6.45) is 0. The van der Waals surface area contributed by atoms with Gasteiger partial charge in [-0.2, -0.15) is 0 Å². The Kier molecular flexibility index (Phi) is 4.55. The van der Waals surface area contributed by atoms with Gasteiger partial charge in [-0.05, 0) is 24.3 Å². The van der Waals surface area contributed by atoms with Crippen LogP contribution in [0.5, 0.6) is 5.75 Å². The van der Waals surface area contributed by atoms with Gasteiger partial charge in [-0.3, -0.25) is 0 Å². The third kappa shape index (κ3) is 2.89. The Bertz CT molecular complexity index is 688. The van der Waals surface area contributed by atoms with E-state index in [4.69, 9.17) is 33.7 Å². The van der Waals surface area contributed by atoms with E-state index >= 15 is 0 Å². The normalized spacial score (nSPS) is 10.3. The Morgan fingerprint density at radius 1 is 1.14 bits per heavy atom. The minimum absolute atomic E-state index is 0.0240. The van der Waals surface area contributed by atoms with Crippen molar-refractivity contribution in [3.05, 3.63) is 40.0 Å². The van der Waals surface area contributed by atoms with Gasteiger partial charge in [0.15, 0.2) is 5.69 Å². The number of hydrogen-bond acceptors (Lipinski definition) is 5. The second-order valence-corrected chi connectivity index (χ2v) is 4.83. The maximum absolute atomic E-state index is 11.7. The van der Waals surface area contributed by atoms with Gasteiger partial charge in [0.1, 0.15) is 5.75 Å². The summed E-state index contributed by atoms with van der Waals surface area (Å²) in [5.74, 6) is 0.00290. The first-order chi connectivity index (χ1) is 9.99. The van der Waals surface area contributed by atoms with Crippen molar-refractivity contribution in [2.24, 2.45) is 0 Å². The summed E-state index contributed by atoms with van der Waals surface area (Å²) in [4.78, 5) is 15.9. The molecule has 1 aromatic carbocycles. The fourth-order valence-corrected chi connectivity index (χ4v) is 2.24. The van der Waals surface area contributed by atoms with Gasteiger partial charge in [0.2, 0.25) is 0 Å². The standard InChI is InChI=1S/C14H12Cl2N2O3/c1-20-8-5-3-7(4-6-8)12-9(15)11(17)10(16)13(18-12)14(19)21-2/h3-6H,1-2H3,(H2,17,18). The highest BCUT2D eigenvalue weighted by atomic mass is 35.5. The number of pyridine rings is 1. The number of esters is 1. The molecule has 7 heteroatoms. The number of nitrogens with zero attached hydrogens (tertiary/aromatic N) is 1. The quantitative estimate of drug-likeness (QED) is 0.874. The molecule has 2 aromatic rings. The first kappa shape index (κ1) is 15.4. The summed E-state index contributed by atoms with van der Waals surface area (Å²) in [6.45, 7) is 0. The van der Waals surface area contributed by atoms with Crippen LogP contribution in [-0.4, -0.2) is 25.2 Å². The number of nitrogens with two attached hydrogens (primary N) is 1. The van der Waals surface area contributed by atoms with E-state index in [2.05, 4.69) is 9.72 Å². The topological polar surface area (TPSA) is 74.4 Å². The number of anilines is 1. The molecule has 0 aliphatic rings. The van der Waals surface area contributed by atoms with Gasteiger partial charge in [-0.25, -0.2) is 9.78 Å². The number of nitrogen functional groups attached to an aromatic ring is 1. The van der Waals surface area contributed by atoms with E-state index in [-0.39, 0.29) is 21.4 Å². The van der Waals surface area contributed by atoms with Gasteiger partial charge in [0.05, 0.1) is 35.6 Å². The molecule has 0 saturated heterocycles. The molecular weight excluding hydrogens is 315 g/mol. The lowest BCUT2D eigenvalue weighted by Gasteiger charge is -2.11. The van der Waals surface area contributed by atoms with Crippen LogP contribution in [0, 0.1) is 0 Å². The Morgan fingerprint density at radius 3 is 2.29 bits per heavy atom. The number of ether oxygens (including phenoxy) is 2. The molecule has 110 valence electrons. The van der Waals surface area contributed by atoms with Gasteiger partial charge in [0.25, 0.3) is 0 Å². The highest BCUT2D eigenvalue weighted by molar-refractivity contribution is 6.41. The zero-order chi connectivity index (χ0) is 15.6. The highest BCUT2D eigenvalue weighted by Crippen LogP contribution is 2.37. The number of methoxy groups -OCH3 is 2. The number of hydrogen-bond donors (Lipinski definition) is 1.